The molecule has 1 aromatic heterocycles. The lowest BCUT2D eigenvalue weighted by Crippen LogP contribution is -2.17. The Morgan fingerprint density at radius 2 is 2.06 bits per heavy atom. The van der Waals surface area contributed by atoms with Gasteiger partial charge in [0, 0.05) is 21.7 Å². The Balaban J connectivity index is 2.85. The van der Waals surface area contributed by atoms with E-state index in [2.05, 4.69) is 4.98 Å². The number of hydrogen-bond donors (Lipinski definition) is 2. The number of aromatic amines is 1. The van der Waals surface area contributed by atoms with Crippen LogP contribution in [0, 0.1) is 13.8 Å². The predicted molar refractivity (Wildman–Crippen MR) is 70.4 cm³/mol. The van der Waals surface area contributed by atoms with Crippen LogP contribution < -0.4 is 5.43 Å². The summed E-state index contributed by atoms with van der Waals surface area (Å²) in [7, 11) is 0. The summed E-state index contributed by atoms with van der Waals surface area (Å²) in [6.45, 7) is 3.55. The van der Waals surface area contributed by atoms with Gasteiger partial charge in [0.15, 0.2) is 5.43 Å². The van der Waals surface area contributed by atoms with Gasteiger partial charge >= 0.3 is 5.97 Å². The fourth-order valence-electron chi connectivity index (χ4n) is 2.05. The van der Waals surface area contributed by atoms with Gasteiger partial charge in [0.2, 0.25) is 0 Å². The first kappa shape index (κ1) is 12.6. The molecule has 0 amide bonds. The third-order valence-corrected chi connectivity index (χ3v) is 3.13. The van der Waals surface area contributed by atoms with Gasteiger partial charge in [-0.2, -0.15) is 0 Å². The average molecular weight is 266 g/mol. The van der Waals surface area contributed by atoms with E-state index < -0.39 is 5.97 Å². The van der Waals surface area contributed by atoms with Crippen molar-refractivity contribution in [1.29, 1.82) is 0 Å². The Bertz CT molecular complexity index is 703. The lowest BCUT2D eigenvalue weighted by atomic mass is 10.0. The van der Waals surface area contributed by atoms with Gasteiger partial charge in [0.05, 0.1) is 11.9 Å². The van der Waals surface area contributed by atoms with Crippen LogP contribution in [0.25, 0.3) is 10.9 Å². The Morgan fingerprint density at radius 1 is 1.39 bits per heavy atom. The number of pyridine rings is 1. The van der Waals surface area contributed by atoms with E-state index in [1.54, 1.807) is 19.1 Å². The van der Waals surface area contributed by atoms with E-state index in [0.29, 0.717) is 21.6 Å². The molecular weight excluding hydrogens is 254 g/mol. The van der Waals surface area contributed by atoms with E-state index in [1.165, 1.54) is 0 Å². The summed E-state index contributed by atoms with van der Waals surface area (Å²) in [6.07, 6.45) is -0.289. The number of rotatable bonds is 2. The second-order valence-corrected chi connectivity index (χ2v) is 4.71. The molecule has 2 aromatic rings. The molecule has 0 saturated heterocycles. The van der Waals surface area contributed by atoms with Crippen LogP contribution >= 0.6 is 11.6 Å². The Hall–Kier alpha value is -1.81. The first-order valence-electron chi connectivity index (χ1n) is 5.43. The van der Waals surface area contributed by atoms with Gasteiger partial charge in [-0.3, -0.25) is 9.59 Å². The molecule has 0 aliphatic rings. The van der Waals surface area contributed by atoms with Gasteiger partial charge in [-0.05, 0) is 31.5 Å². The van der Waals surface area contributed by atoms with Gasteiger partial charge in [0.1, 0.15) is 0 Å². The molecule has 2 rings (SSSR count). The number of carboxylic acid groups (broad SMARTS) is 1. The topological polar surface area (TPSA) is 70.2 Å². The van der Waals surface area contributed by atoms with Gasteiger partial charge < -0.3 is 10.1 Å². The molecule has 0 aliphatic carbocycles. The SMILES string of the molecule is Cc1[nH]c2c(C)cc(Cl)cc2c(=O)c1CC(=O)O. The van der Waals surface area contributed by atoms with Crippen molar-refractivity contribution in [2.45, 2.75) is 20.3 Å². The summed E-state index contributed by atoms with van der Waals surface area (Å²) in [5.74, 6) is -1.03. The first-order chi connectivity index (χ1) is 8.40. The lowest BCUT2D eigenvalue weighted by molar-refractivity contribution is -0.136. The maximum atomic E-state index is 12.2. The highest BCUT2D eigenvalue weighted by atomic mass is 35.5. The van der Waals surface area contributed by atoms with Gasteiger partial charge in [-0.15, -0.1) is 0 Å². The van der Waals surface area contributed by atoms with Crippen molar-refractivity contribution in [2.24, 2.45) is 0 Å². The molecule has 94 valence electrons. The average Bonchev–Trinajstić information content (AvgIpc) is 2.26. The number of aromatic nitrogens is 1. The minimum absolute atomic E-state index is 0.269. The quantitative estimate of drug-likeness (QED) is 0.876. The first-order valence-corrected chi connectivity index (χ1v) is 5.81. The zero-order chi connectivity index (χ0) is 13.4. The maximum Gasteiger partial charge on any atom is 0.308 e. The summed E-state index contributed by atoms with van der Waals surface area (Å²) in [5, 5.41) is 9.72. The predicted octanol–water partition coefficient (Wildman–Crippen LogP) is 2.43. The Kier molecular flexibility index (Phi) is 3.13. The Morgan fingerprint density at radius 3 is 2.67 bits per heavy atom. The summed E-state index contributed by atoms with van der Waals surface area (Å²) in [6, 6.07) is 3.32. The van der Waals surface area contributed by atoms with Crippen molar-refractivity contribution < 1.29 is 9.90 Å². The number of fused-ring (bicyclic) bond motifs is 1. The van der Waals surface area contributed by atoms with Crippen LogP contribution in [0.3, 0.4) is 0 Å². The van der Waals surface area contributed by atoms with Crippen LogP contribution in [0.5, 0.6) is 0 Å². The molecule has 18 heavy (non-hydrogen) atoms. The summed E-state index contributed by atoms with van der Waals surface area (Å²) in [4.78, 5) is 26.1. The molecule has 0 atom stereocenters. The summed E-state index contributed by atoms with van der Waals surface area (Å²) in [5.41, 5.74) is 2.15. The number of halogens is 1. The minimum Gasteiger partial charge on any atom is -0.481 e. The fourth-order valence-corrected chi connectivity index (χ4v) is 2.32. The number of aliphatic carboxylic acids is 1. The van der Waals surface area contributed by atoms with Crippen LogP contribution in [-0.4, -0.2) is 16.1 Å². The van der Waals surface area contributed by atoms with Gasteiger partial charge in [0.25, 0.3) is 0 Å². The summed E-state index contributed by atoms with van der Waals surface area (Å²) >= 11 is 5.92. The van der Waals surface area contributed by atoms with Crippen LogP contribution in [0.15, 0.2) is 16.9 Å². The molecular formula is C13H12ClNO3. The molecule has 5 heteroatoms. The second-order valence-electron chi connectivity index (χ2n) is 4.27. The molecule has 1 aromatic carbocycles. The number of hydrogen-bond acceptors (Lipinski definition) is 2. The zero-order valence-electron chi connectivity index (χ0n) is 10.0. The maximum absolute atomic E-state index is 12.2. The molecule has 4 nitrogen and oxygen atoms in total. The van der Waals surface area contributed by atoms with E-state index >= 15 is 0 Å². The monoisotopic (exact) mass is 265 g/mol. The number of carbonyl (C=O) groups is 1. The molecule has 0 saturated carbocycles. The molecule has 1 heterocycles. The molecule has 0 unspecified atom stereocenters. The van der Waals surface area contributed by atoms with E-state index in [0.717, 1.165) is 5.56 Å². The number of aryl methyl sites for hydroxylation is 2. The second kappa shape index (κ2) is 4.46. The highest BCUT2D eigenvalue weighted by molar-refractivity contribution is 6.31. The number of benzene rings is 1. The van der Waals surface area contributed by atoms with Crippen LogP contribution in [-0.2, 0) is 11.2 Å². The van der Waals surface area contributed by atoms with Crippen molar-refractivity contribution in [3.8, 4) is 0 Å². The summed E-state index contributed by atoms with van der Waals surface area (Å²) < 4.78 is 0. The van der Waals surface area contributed by atoms with E-state index in [4.69, 9.17) is 16.7 Å². The van der Waals surface area contributed by atoms with Crippen molar-refractivity contribution in [1.82, 2.24) is 4.98 Å². The van der Waals surface area contributed by atoms with Crippen molar-refractivity contribution >= 4 is 28.5 Å². The fraction of sp³-hybridized carbons (Fsp3) is 0.231. The smallest absolute Gasteiger partial charge is 0.308 e. The van der Waals surface area contributed by atoms with Crippen LogP contribution in [0.4, 0.5) is 0 Å². The van der Waals surface area contributed by atoms with Crippen molar-refractivity contribution in [3.63, 3.8) is 0 Å². The normalized spacial score (nSPS) is 10.8. The minimum atomic E-state index is -1.03. The lowest BCUT2D eigenvalue weighted by Gasteiger charge is -2.08. The Labute approximate surface area is 108 Å². The standard InChI is InChI=1S/C13H12ClNO3/c1-6-3-8(14)4-10-12(6)15-7(2)9(13(10)18)5-11(16)17/h3-4H,5H2,1-2H3,(H,15,18)(H,16,17). The van der Waals surface area contributed by atoms with Gasteiger partial charge in [-0.1, -0.05) is 11.6 Å². The third-order valence-electron chi connectivity index (χ3n) is 2.91. The molecule has 0 fully saturated rings. The van der Waals surface area contributed by atoms with E-state index in [-0.39, 0.29) is 17.4 Å². The number of carboxylic acids is 1. The zero-order valence-corrected chi connectivity index (χ0v) is 10.8. The molecule has 0 aliphatic heterocycles. The number of nitrogens with one attached hydrogen (secondary N) is 1. The van der Waals surface area contributed by atoms with Crippen LogP contribution in [0.2, 0.25) is 5.02 Å². The van der Waals surface area contributed by atoms with Gasteiger partial charge in [-0.25, -0.2) is 0 Å². The highest BCUT2D eigenvalue weighted by Gasteiger charge is 2.13. The van der Waals surface area contributed by atoms with Crippen molar-refractivity contribution in [2.75, 3.05) is 0 Å². The van der Waals surface area contributed by atoms with E-state index in [1.807, 2.05) is 6.92 Å². The largest absolute Gasteiger partial charge is 0.481 e. The third kappa shape index (κ3) is 2.11. The van der Waals surface area contributed by atoms with E-state index in [9.17, 15) is 9.59 Å². The number of H-pyrrole nitrogens is 1. The molecule has 0 bridgehead atoms. The molecule has 2 N–H and O–H groups in total. The molecule has 0 spiro atoms. The highest BCUT2D eigenvalue weighted by Crippen LogP contribution is 2.21. The van der Waals surface area contributed by atoms with Crippen molar-refractivity contribution in [3.05, 3.63) is 44.2 Å². The van der Waals surface area contributed by atoms with Crippen LogP contribution in [0.1, 0.15) is 16.8 Å². The molecule has 0 radical (unpaired) electrons.